The lowest BCUT2D eigenvalue weighted by atomic mass is 9.99. The summed E-state index contributed by atoms with van der Waals surface area (Å²) in [5, 5.41) is 0.697. The smallest absolute Gasteiger partial charge is 0.127 e. The summed E-state index contributed by atoms with van der Waals surface area (Å²) >= 11 is 5.83. The van der Waals surface area contributed by atoms with E-state index in [1.165, 1.54) is 0 Å². The van der Waals surface area contributed by atoms with Crippen molar-refractivity contribution >= 4 is 11.6 Å². The third-order valence-electron chi connectivity index (χ3n) is 2.54. The molecule has 0 N–H and O–H groups in total. The first-order chi connectivity index (χ1) is 9.42. The number of benzene rings is 2. The summed E-state index contributed by atoms with van der Waals surface area (Å²) in [5.74, 6) is 2.39. The summed E-state index contributed by atoms with van der Waals surface area (Å²) in [6.45, 7) is 7.12. The molecule has 0 aliphatic rings. The van der Waals surface area contributed by atoms with Crippen LogP contribution in [0.25, 0.3) is 0 Å². The highest BCUT2D eigenvalue weighted by atomic mass is 35.5. The van der Waals surface area contributed by atoms with Crippen molar-refractivity contribution in [3.05, 3.63) is 53.6 Å². The molecule has 0 amide bonds. The van der Waals surface area contributed by atoms with Crippen molar-refractivity contribution in [1.82, 2.24) is 0 Å². The third-order valence-corrected chi connectivity index (χ3v) is 2.80. The number of ether oxygens (including phenoxy) is 2. The normalized spacial score (nSPS) is 11.2. The molecule has 2 aromatic carbocycles. The fourth-order valence-corrected chi connectivity index (χ4v) is 1.67. The van der Waals surface area contributed by atoms with E-state index in [1.807, 2.05) is 36.4 Å². The molecule has 106 valence electrons. The monoisotopic (exact) mass is 290 g/mol. The molecule has 0 saturated heterocycles. The van der Waals surface area contributed by atoms with Gasteiger partial charge >= 0.3 is 0 Å². The Kier molecular flexibility index (Phi) is 4.56. The zero-order chi connectivity index (χ0) is 14.6. The van der Waals surface area contributed by atoms with Crippen molar-refractivity contribution < 1.29 is 9.47 Å². The highest BCUT2D eigenvalue weighted by Crippen LogP contribution is 2.25. The number of hydrogen-bond donors (Lipinski definition) is 0. The standard InChI is InChI=1S/C17H19ClO2/c1-17(2,3)12-19-14-8-10-16(11-9-14)20-15-6-4-13(18)5-7-15/h4-11H,12H2,1-3H3. The molecule has 0 bridgehead atoms. The van der Waals surface area contributed by atoms with Gasteiger partial charge in [-0.1, -0.05) is 32.4 Å². The van der Waals surface area contributed by atoms with E-state index in [1.54, 1.807) is 12.1 Å². The SMILES string of the molecule is CC(C)(C)COc1ccc(Oc2ccc(Cl)cc2)cc1. The summed E-state index contributed by atoms with van der Waals surface area (Å²) in [6.07, 6.45) is 0. The summed E-state index contributed by atoms with van der Waals surface area (Å²) in [5.41, 5.74) is 0.151. The molecule has 0 unspecified atom stereocenters. The summed E-state index contributed by atoms with van der Waals surface area (Å²) < 4.78 is 11.4. The average molecular weight is 291 g/mol. The van der Waals surface area contributed by atoms with Crippen LogP contribution in [0.4, 0.5) is 0 Å². The largest absolute Gasteiger partial charge is 0.493 e. The molecule has 0 spiro atoms. The van der Waals surface area contributed by atoms with Gasteiger partial charge in [0, 0.05) is 5.02 Å². The van der Waals surface area contributed by atoms with Crippen molar-refractivity contribution in [3.63, 3.8) is 0 Å². The Bertz CT molecular complexity index is 539. The molecule has 3 heteroatoms. The van der Waals surface area contributed by atoms with Gasteiger partial charge in [-0.15, -0.1) is 0 Å². The van der Waals surface area contributed by atoms with E-state index in [2.05, 4.69) is 20.8 Å². The lowest BCUT2D eigenvalue weighted by Gasteiger charge is -2.18. The Labute approximate surface area is 125 Å². The van der Waals surface area contributed by atoms with Crippen LogP contribution in [-0.4, -0.2) is 6.61 Å². The molecule has 0 saturated carbocycles. The Morgan fingerprint density at radius 2 is 1.25 bits per heavy atom. The van der Waals surface area contributed by atoms with Crippen molar-refractivity contribution in [2.45, 2.75) is 20.8 Å². The molecule has 0 aliphatic carbocycles. The number of rotatable bonds is 4. The maximum atomic E-state index is 5.83. The van der Waals surface area contributed by atoms with Crippen LogP contribution in [0.5, 0.6) is 17.2 Å². The number of hydrogen-bond acceptors (Lipinski definition) is 2. The minimum absolute atomic E-state index is 0.151. The highest BCUT2D eigenvalue weighted by Gasteiger charge is 2.10. The van der Waals surface area contributed by atoms with Gasteiger partial charge in [0.1, 0.15) is 17.2 Å². The van der Waals surface area contributed by atoms with Crippen LogP contribution in [0, 0.1) is 5.41 Å². The third kappa shape index (κ3) is 4.78. The second-order valence-electron chi connectivity index (χ2n) is 5.88. The average Bonchev–Trinajstić information content (AvgIpc) is 2.40. The first kappa shape index (κ1) is 14.7. The minimum atomic E-state index is 0.151. The zero-order valence-electron chi connectivity index (χ0n) is 12.0. The van der Waals surface area contributed by atoms with E-state index in [0.29, 0.717) is 11.6 Å². The first-order valence-electron chi connectivity index (χ1n) is 6.59. The van der Waals surface area contributed by atoms with Crippen LogP contribution in [0.15, 0.2) is 48.5 Å². The summed E-state index contributed by atoms with van der Waals surface area (Å²) in [6, 6.07) is 14.9. The summed E-state index contributed by atoms with van der Waals surface area (Å²) in [4.78, 5) is 0. The number of halogens is 1. The molecule has 0 fully saturated rings. The van der Waals surface area contributed by atoms with Gasteiger partial charge in [0.2, 0.25) is 0 Å². The van der Waals surface area contributed by atoms with Crippen LogP contribution in [0.1, 0.15) is 20.8 Å². The quantitative estimate of drug-likeness (QED) is 0.734. The molecular formula is C17H19ClO2. The van der Waals surface area contributed by atoms with E-state index in [-0.39, 0.29) is 5.41 Å². The molecule has 20 heavy (non-hydrogen) atoms. The maximum Gasteiger partial charge on any atom is 0.127 e. The second-order valence-corrected chi connectivity index (χ2v) is 6.31. The lowest BCUT2D eigenvalue weighted by molar-refractivity contribution is 0.198. The molecule has 2 nitrogen and oxygen atoms in total. The molecule has 0 radical (unpaired) electrons. The van der Waals surface area contributed by atoms with E-state index in [9.17, 15) is 0 Å². The van der Waals surface area contributed by atoms with Gasteiger partial charge in [-0.2, -0.15) is 0 Å². The van der Waals surface area contributed by atoms with Crippen LogP contribution in [-0.2, 0) is 0 Å². The van der Waals surface area contributed by atoms with Crippen LogP contribution in [0.2, 0.25) is 5.02 Å². The van der Waals surface area contributed by atoms with Gasteiger partial charge in [-0.05, 0) is 53.9 Å². The van der Waals surface area contributed by atoms with Crippen LogP contribution < -0.4 is 9.47 Å². The fraction of sp³-hybridized carbons (Fsp3) is 0.294. The Morgan fingerprint density at radius 3 is 1.75 bits per heavy atom. The van der Waals surface area contributed by atoms with E-state index in [0.717, 1.165) is 17.2 Å². The van der Waals surface area contributed by atoms with Crippen molar-refractivity contribution in [3.8, 4) is 17.2 Å². The Balaban J connectivity index is 1.96. The maximum absolute atomic E-state index is 5.83. The molecule has 0 atom stereocenters. The molecule has 0 aromatic heterocycles. The first-order valence-corrected chi connectivity index (χ1v) is 6.96. The van der Waals surface area contributed by atoms with Crippen molar-refractivity contribution in [2.24, 2.45) is 5.41 Å². The predicted molar refractivity (Wildman–Crippen MR) is 82.9 cm³/mol. The second kappa shape index (κ2) is 6.19. The predicted octanol–water partition coefficient (Wildman–Crippen LogP) is 5.56. The van der Waals surface area contributed by atoms with E-state index < -0.39 is 0 Å². The fourth-order valence-electron chi connectivity index (χ4n) is 1.54. The van der Waals surface area contributed by atoms with Gasteiger partial charge in [0.15, 0.2) is 0 Å². The van der Waals surface area contributed by atoms with Gasteiger partial charge < -0.3 is 9.47 Å². The van der Waals surface area contributed by atoms with Crippen LogP contribution in [0.3, 0.4) is 0 Å². The van der Waals surface area contributed by atoms with Crippen molar-refractivity contribution in [1.29, 1.82) is 0 Å². The molecular weight excluding hydrogens is 272 g/mol. The molecule has 0 aliphatic heterocycles. The Hall–Kier alpha value is -1.67. The van der Waals surface area contributed by atoms with Gasteiger partial charge in [0.05, 0.1) is 6.61 Å². The van der Waals surface area contributed by atoms with Gasteiger partial charge in [-0.3, -0.25) is 0 Å². The zero-order valence-corrected chi connectivity index (χ0v) is 12.8. The molecule has 0 heterocycles. The minimum Gasteiger partial charge on any atom is -0.493 e. The highest BCUT2D eigenvalue weighted by molar-refractivity contribution is 6.30. The topological polar surface area (TPSA) is 18.5 Å². The van der Waals surface area contributed by atoms with Crippen molar-refractivity contribution in [2.75, 3.05) is 6.61 Å². The molecule has 2 rings (SSSR count). The lowest BCUT2D eigenvalue weighted by Crippen LogP contribution is -2.16. The van der Waals surface area contributed by atoms with E-state index in [4.69, 9.17) is 21.1 Å². The van der Waals surface area contributed by atoms with Gasteiger partial charge in [-0.25, -0.2) is 0 Å². The van der Waals surface area contributed by atoms with Gasteiger partial charge in [0.25, 0.3) is 0 Å². The molecule has 2 aromatic rings. The van der Waals surface area contributed by atoms with E-state index >= 15 is 0 Å². The van der Waals surface area contributed by atoms with Crippen LogP contribution >= 0.6 is 11.6 Å². The summed E-state index contributed by atoms with van der Waals surface area (Å²) in [7, 11) is 0. The Morgan fingerprint density at radius 1 is 0.800 bits per heavy atom.